The number of rotatable bonds is 5. The highest BCUT2D eigenvalue weighted by Gasteiger charge is 2.10. The number of sulfone groups is 1. The Balaban J connectivity index is 2.13. The summed E-state index contributed by atoms with van der Waals surface area (Å²) in [7, 11) is 0.704. The zero-order chi connectivity index (χ0) is 17.0. The number of nitrogens with one attached hydrogen (secondary N) is 1. The molecule has 0 aromatic heterocycles. The molecule has 0 heterocycles. The van der Waals surface area contributed by atoms with Crippen molar-refractivity contribution < 1.29 is 13.2 Å². The van der Waals surface area contributed by atoms with Crippen LogP contribution in [0.2, 0.25) is 0 Å². The lowest BCUT2D eigenvalue weighted by Gasteiger charge is -2.11. The fraction of sp³-hybridized carbons (Fsp3) is 0.235. The van der Waals surface area contributed by atoms with Crippen molar-refractivity contribution in [2.75, 3.05) is 25.7 Å². The van der Waals surface area contributed by atoms with E-state index in [1.165, 1.54) is 24.3 Å². The van der Waals surface area contributed by atoms with Gasteiger partial charge in [0, 0.05) is 24.1 Å². The van der Waals surface area contributed by atoms with Crippen molar-refractivity contribution in [2.45, 2.75) is 11.4 Å². The first-order valence-electron chi connectivity index (χ1n) is 7.11. The van der Waals surface area contributed by atoms with Crippen LogP contribution in [0.4, 0.5) is 5.69 Å². The minimum atomic E-state index is -3.26. The van der Waals surface area contributed by atoms with E-state index >= 15 is 0 Å². The van der Waals surface area contributed by atoms with Gasteiger partial charge in [-0.25, -0.2) is 8.42 Å². The fourth-order valence-corrected chi connectivity index (χ4v) is 2.80. The lowest BCUT2D eigenvalue weighted by atomic mass is 10.1. The molecule has 6 heteroatoms. The molecule has 23 heavy (non-hydrogen) atoms. The molecule has 0 aliphatic rings. The maximum atomic E-state index is 12.2. The average Bonchev–Trinajstić information content (AvgIpc) is 2.46. The van der Waals surface area contributed by atoms with Crippen molar-refractivity contribution in [3.05, 3.63) is 59.7 Å². The second-order valence-corrected chi connectivity index (χ2v) is 7.70. The van der Waals surface area contributed by atoms with Gasteiger partial charge in [-0.15, -0.1) is 0 Å². The Morgan fingerprint density at radius 3 is 2.30 bits per heavy atom. The van der Waals surface area contributed by atoms with Crippen LogP contribution < -0.4 is 5.32 Å². The van der Waals surface area contributed by atoms with Crippen LogP contribution >= 0.6 is 0 Å². The number of benzene rings is 2. The van der Waals surface area contributed by atoms with E-state index in [0.29, 0.717) is 11.3 Å². The predicted octanol–water partition coefficient (Wildman–Crippen LogP) is 2.40. The fourth-order valence-electron chi connectivity index (χ4n) is 2.17. The SMILES string of the molecule is CN(C)Cc1cccc(NC(=O)c2ccc(S(C)(=O)=O)cc2)c1. The van der Waals surface area contributed by atoms with E-state index in [2.05, 4.69) is 5.32 Å². The molecular formula is C17H20N2O3S. The summed E-state index contributed by atoms with van der Waals surface area (Å²) >= 11 is 0. The minimum Gasteiger partial charge on any atom is -0.322 e. The number of carbonyl (C=O) groups is 1. The normalized spacial score (nSPS) is 11.5. The lowest BCUT2D eigenvalue weighted by Crippen LogP contribution is -2.13. The van der Waals surface area contributed by atoms with Crippen molar-refractivity contribution in [1.29, 1.82) is 0 Å². The van der Waals surface area contributed by atoms with Gasteiger partial charge in [0.1, 0.15) is 0 Å². The molecule has 0 bridgehead atoms. The van der Waals surface area contributed by atoms with Crippen LogP contribution in [0.5, 0.6) is 0 Å². The molecule has 0 aliphatic carbocycles. The second-order valence-electron chi connectivity index (χ2n) is 5.69. The first-order valence-corrected chi connectivity index (χ1v) is 9.00. The standard InChI is InChI=1S/C17H20N2O3S/c1-19(2)12-13-5-4-6-15(11-13)18-17(20)14-7-9-16(10-8-14)23(3,21)22/h4-11H,12H2,1-3H3,(H,18,20). The summed E-state index contributed by atoms with van der Waals surface area (Å²) in [5, 5.41) is 2.82. The third kappa shape index (κ3) is 4.91. The van der Waals surface area contributed by atoms with Gasteiger partial charge in [-0.2, -0.15) is 0 Å². The third-order valence-electron chi connectivity index (χ3n) is 3.23. The highest BCUT2D eigenvalue weighted by Crippen LogP contribution is 2.15. The number of anilines is 1. The molecule has 1 amide bonds. The summed E-state index contributed by atoms with van der Waals surface area (Å²) in [6, 6.07) is 13.5. The van der Waals surface area contributed by atoms with E-state index in [0.717, 1.165) is 18.4 Å². The summed E-state index contributed by atoms with van der Waals surface area (Å²) < 4.78 is 22.9. The van der Waals surface area contributed by atoms with E-state index in [9.17, 15) is 13.2 Å². The quantitative estimate of drug-likeness (QED) is 0.913. The third-order valence-corrected chi connectivity index (χ3v) is 4.36. The summed E-state index contributed by atoms with van der Waals surface area (Å²) in [6.45, 7) is 0.784. The summed E-state index contributed by atoms with van der Waals surface area (Å²) in [6.07, 6.45) is 1.14. The molecule has 0 spiro atoms. The van der Waals surface area contributed by atoms with E-state index in [1.54, 1.807) is 0 Å². The summed E-state index contributed by atoms with van der Waals surface area (Å²) in [4.78, 5) is 14.5. The first-order chi connectivity index (χ1) is 10.8. The molecule has 0 saturated carbocycles. The van der Waals surface area contributed by atoms with Crippen molar-refractivity contribution >= 4 is 21.4 Å². The van der Waals surface area contributed by atoms with Crippen molar-refractivity contribution in [2.24, 2.45) is 0 Å². The van der Waals surface area contributed by atoms with E-state index in [1.807, 2.05) is 43.3 Å². The van der Waals surface area contributed by atoms with E-state index in [4.69, 9.17) is 0 Å². The van der Waals surface area contributed by atoms with Crippen LogP contribution in [-0.2, 0) is 16.4 Å². The first kappa shape index (κ1) is 17.2. The molecular weight excluding hydrogens is 312 g/mol. The molecule has 0 fully saturated rings. The minimum absolute atomic E-state index is 0.196. The Morgan fingerprint density at radius 2 is 1.74 bits per heavy atom. The van der Waals surface area contributed by atoms with Gasteiger partial charge >= 0.3 is 0 Å². The van der Waals surface area contributed by atoms with Gasteiger partial charge in [-0.1, -0.05) is 12.1 Å². The van der Waals surface area contributed by atoms with Gasteiger partial charge in [0.2, 0.25) is 0 Å². The van der Waals surface area contributed by atoms with Crippen LogP contribution in [0, 0.1) is 0 Å². The molecule has 0 atom stereocenters. The van der Waals surface area contributed by atoms with Gasteiger partial charge in [-0.3, -0.25) is 4.79 Å². The smallest absolute Gasteiger partial charge is 0.255 e. The van der Waals surface area contributed by atoms with Gasteiger partial charge < -0.3 is 10.2 Å². The summed E-state index contributed by atoms with van der Waals surface area (Å²) in [5.41, 5.74) is 2.22. The molecule has 1 N–H and O–H groups in total. The van der Waals surface area contributed by atoms with Crippen LogP contribution in [-0.4, -0.2) is 39.6 Å². The van der Waals surface area contributed by atoms with Crippen molar-refractivity contribution in [3.63, 3.8) is 0 Å². The topological polar surface area (TPSA) is 66.5 Å². The lowest BCUT2D eigenvalue weighted by molar-refractivity contribution is 0.102. The Labute approximate surface area is 136 Å². The van der Waals surface area contributed by atoms with E-state index in [-0.39, 0.29) is 10.8 Å². The number of amides is 1. The van der Waals surface area contributed by atoms with Crippen molar-refractivity contribution in [1.82, 2.24) is 4.90 Å². The number of hydrogen-bond acceptors (Lipinski definition) is 4. The maximum absolute atomic E-state index is 12.2. The van der Waals surface area contributed by atoms with Gasteiger partial charge in [0.05, 0.1) is 4.90 Å². The Hall–Kier alpha value is -2.18. The zero-order valence-electron chi connectivity index (χ0n) is 13.4. The molecule has 5 nitrogen and oxygen atoms in total. The van der Waals surface area contributed by atoms with Gasteiger partial charge in [-0.05, 0) is 56.1 Å². The number of hydrogen-bond donors (Lipinski definition) is 1. The molecule has 122 valence electrons. The summed E-state index contributed by atoms with van der Waals surface area (Å²) in [5.74, 6) is -0.271. The zero-order valence-corrected chi connectivity index (χ0v) is 14.2. The van der Waals surface area contributed by atoms with Crippen LogP contribution in [0.15, 0.2) is 53.4 Å². The molecule has 0 radical (unpaired) electrons. The Morgan fingerprint density at radius 1 is 1.09 bits per heavy atom. The van der Waals surface area contributed by atoms with Crippen LogP contribution in [0.25, 0.3) is 0 Å². The van der Waals surface area contributed by atoms with Crippen LogP contribution in [0.1, 0.15) is 15.9 Å². The Kier molecular flexibility index (Phi) is 5.18. The molecule has 2 rings (SSSR count). The average molecular weight is 332 g/mol. The van der Waals surface area contributed by atoms with E-state index < -0.39 is 9.84 Å². The molecule has 0 aliphatic heterocycles. The highest BCUT2D eigenvalue weighted by molar-refractivity contribution is 7.90. The number of carbonyl (C=O) groups excluding carboxylic acids is 1. The molecule has 0 saturated heterocycles. The molecule has 0 unspecified atom stereocenters. The van der Waals surface area contributed by atoms with Crippen LogP contribution in [0.3, 0.4) is 0 Å². The predicted molar refractivity (Wildman–Crippen MR) is 91.3 cm³/mol. The highest BCUT2D eigenvalue weighted by atomic mass is 32.2. The largest absolute Gasteiger partial charge is 0.322 e. The second kappa shape index (κ2) is 6.93. The Bertz CT molecular complexity index is 797. The maximum Gasteiger partial charge on any atom is 0.255 e. The molecule has 2 aromatic rings. The van der Waals surface area contributed by atoms with Gasteiger partial charge in [0.15, 0.2) is 9.84 Å². The molecule has 2 aromatic carbocycles. The van der Waals surface area contributed by atoms with Crippen molar-refractivity contribution in [3.8, 4) is 0 Å². The monoisotopic (exact) mass is 332 g/mol. The van der Waals surface area contributed by atoms with Gasteiger partial charge in [0.25, 0.3) is 5.91 Å². The number of nitrogens with zero attached hydrogens (tertiary/aromatic N) is 1.